The zero-order valence-electron chi connectivity index (χ0n) is 14.1. The summed E-state index contributed by atoms with van der Waals surface area (Å²) in [7, 11) is 0. The third-order valence-electron chi connectivity index (χ3n) is 4.54. The molecular formula is C19H18N4O3. The third-order valence-corrected chi connectivity index (χ3v) is 4.54. The van der Waals surface area contributed by atoms with Crippen molar-refractivity contribution in [2.45, 2.75) is 12.8 Å². The molecule has 1 N–H and O–H groups in total. The summed E-state index contributed by atoms with van der Waals surface area (Å²) < 4.78 is 0. The number of amides is 1. The van der Waals surface area contributed by atoms with Gasteiger partial charge in [-0.2, -0.15) is 5.26 Å². The average Bonchev–Trinajstić information content (AvgIpc) is 2.68. The molecule has 2 aromatic rings. The molecule has 2 aromatic carbocycles. The Labute approximate surface area is 151 Å². The van der Waals surface area contributed by atoms with Crippen molar-refractivity contribution in [3.05, 3.63) is 64.2 Å². The lowest BCUT2D eigenvalue weighted by atomic mass is 9.95. The Bertz CT molecular complexity index is 867. The molecule has 0 atom stereocenters. The number of hydrogen-bond donors (Lipinski definition) is 1. The molecule has 1 heterocycles. The van der Waals surface area contributed by atoms with Gasteiger partial charge in [0, 0.05) is 30.8 Å². The van der Waals surface area contributed by atoms with Crippen LogP contribution in [0.1, 0.15) is 18.4 Å². The number of benzene rings is 2. The van der Waals surface area contributed by atoms with E-state index in [4.69, 9.17) is 5.26 Å². The van der Waals surface area contributed by atoms with Crippen LogP contribution in [0.2, 0.25) is 0 Å². The molecule has 7 heteroatoms. The Kier molecular flexibility index (Phi) is 5.13. The first-order chi connectivity index (χ1) is 12.6. The number of piperidine rings is 1. The van der Waals surface area contributed by atoms with Gasteiger partial charge in [0.2, 0.25) is 5.91 Å². The molecule has 0 spiro atoms. The highest BCUT2D eigenvalue weighted by Crippen LogP contribution is 2.31. The van der Waals surface area contributed by atoms with Crippen LogP contribution in [0.4, 0.5) is 17.1 Å². The largest absolute Gasteiger partial charge is 0.366 e. The second kappa shape index (κ2) is 7.66. The van der Waals surface area contributed by atoms with Gasteiger partial charge in [0.05, 0.1) is 16.6 Å². The van der Waals surface area contributed by atoms with Gasteiger partial charge in [-0.05, 0) is 37.1 Å². The highest BCUT2D eigenvalue weighted by atomic mass is 16.6. The van der Waals surface area contributed by atoms with E-state index in [2.05, 4.69) is 5.32 Å². The number of nitriles is 1. The van der Waals surface area contributed by atoms with Crippen LogP contribution in [-0.4, -0.2) is 23.9 Å². The Hall–Kier alpha value is -3.40. The molecule has 0 radical (unpaired) electrons. The first-order valence-corrected chi connectivity index (χ1v) is 8.38. The summed E-state index contributed by atoms with van der Waals surface area (Å²) in [5, 5.41) is 23.0. The summed E-state index contributed by atoms with van der Waals surface area (Å²) in [6.07, 6.45) is 1.24. The summed E-state index contributed by atoms with van der Waals surface area (Å²) in [6, 6.07) is 15.5. The molecule has 7 nitrogen and oxygen atoms in total. The van der Waals surface area contributed by atoms with Crippen LogP contribution < -0.4 is 10.2 Å². The predicted octanol–water partition coefficient (Wildman–Crippen LogP) is 3.32. The second-order valence-corrected chi connectivity index (χ2v) is 6.19. The molecule has 1 aliphatic heterocycles. The number of rotatable bonds is 4. The standard InChI is InChI=1S/C19H18N4O3/c20-13-14-4-3-5-16(12-14)21-19(24)15-8-10-22(11-9-15)17-6-1-2-7-18(17)23(25)26/h1-7,12,15H,8-11H2,(H,21,24). The summed E-state index contributed by atoms with van der Waals surface area (Å²) in [4.78, 5) is 25.2. The molecular weight excluding hydrogens is 332 g/mol. The fraction of sp³-hybridized carbons (Fsp3) is 0.263. The molecule has 0 bridgehead atoms. The van der Waals surface area contributed by atoms with Crippen LogP contribution >= 0.6 is 0 Å². The maximum atomic E-state index is 12.5. The van der Waals surface area contributed by atoms with E-state index in [1.54, 1.807) is 42.5 Å². The van der Waals surface area contributed by atoms with Crippen LogP contribution in [0.25, 0.3) is 0 Å². The van der Waals surface area contributed by atoms with Crippen LogP contribution in [0.3, 0.4) is 0 Å². The number of hydrogen-bond acceptors (Lipinski definition) is 5. The number of nitro benzene ring substituents is 1. The molecule has 1 aliphatic rings. The fourth-order valence-corrected chi connectivity index (χ4v) is 3.18. The molecule has 26 heavy (non-hydrogen) atoms. The van der Waals surface area contributed by atoms with Gasteiger partial charge < -0.3 is 10.2 Å². The van der Waals surface area contributed by atoms with Crippen LogP contribution in [-0.2, 0) is 4.79 Å². The summed E-state index contributed by atoms with van der Waals surface area (Å²) in [5.74, 6) is -0.234. The van der Waals surface area contributed by atoms with E-state index < -0.39 is 0 Å². The van der Waals surface area contributed by atoms with E-state index in [-0.39, 0.29) is 22.4 Å². The lowest BCUT2D eigenvalue weighted by molar-refractivity contribution is -0.384. The average molecular weight is 350 g/mol. The lowest BCUT2D eigenvalue weighted by Crippen LogP contribution is -2.38. The molecule has 1 fully saturated rings. The van der Waals surface area contributed by atoms with E-state index in [0.717, 1.165) is 0 Å². The predicted molar refractivity (Wildman–Crippen MR) is 97.8 cm³/mol. The van der Waals surface area contributed by atoms with Crippen molar-refractivity contribution in [3.8, 4) is 6.07 Å². The molecule has 132 valence electrons. The van der Waals surface area contributed by atoms with E-state index in [1.807, 2.05) is 11.0 Å². The van der Waals surface area contributed by atoms with Gasteiger partial charge in [0.15, 0.2) is 0 Å². The molecule has 0 saturated carbocycles. The molecule has 0 unspecified atom stereocenters. The minimum Gasteiger partial charge on any atom is -0.366 e. The van der Waals surface area contributed by atoms with E-state index in [9.17, 15) is 14.9 Å². The number of nitrogens with zero attached hydrogens (tertiary/aromatic N) is 3. The highest BCUT2D eigenvalue weighted by molar-refractivity contribution is 5.92. The van der Waals surface area contributed by atoms with Crippen molar-refractivity contribution in [3.63, 3.8) is 0 Å². The Morgan fingerprint density at radius 1 is 1.19 bits per heavy atom. The Morgan fingerprint density at radius 3 is 2.62 bits per heavy atom. The molecule has 1 saturated heterocycles. The van der Waals surface area contributed by atoms with Crippen molar-refractivity contribution >= 4 is 23.0 Å². The number of para-hydroxylation sites is 2. The number of anilines is 2. The summed E-state index contributed by atoms with van der Waals surface area (Å²) in [5.41, 5.74) is 1.78. The van der Waals surface area contributed by atoms with Crippen LogP contribution in [0.5, 0.6) is 0 Å². The van der Waals surface area contributed by atoms with Gasteiger partial charge in [0.25, 0.3) is 5.69 Å². The van der Waals surface area contributed by atoms with Crippen molar-refractivity contribution in [1.82, 2.24) is 0 Å². The molecule has 0 aromatic heterocycles. The lowest BCUT2D eigenvalue weighted by Gasteiger charge is -2.32. The Morgan fingerprint density at radius 2 is 1.92 bits per heavy atom. The van der Waals surface area contributed by atoms with E-state index in [0.29, 0.717) is 42.9 Å². The maximum absolute atomic E-state index is 12.5. The van der Waals surface area contributed by atoms with Gasteiger partial charge >= 0.3 is 0 Å². The molecule has 3 rings (SSSR count). The number of carbonyl (C=O) groups excluding carboxylic acids is 1. The number of nitro groups is 1. The van der Waals surface area contributed by atoms with Gasteiger partial charge in [0.1, 0.15) is 5.69 Å². The van der Waals surface area contributed by atoms with Gasteiger partial charge in [-0.15, -0.1) is 0 Å². The summed E-state index contributed by atoms with van der Waals surface area (Å²) >= 11 is 0. The van der Waals surface area contributed by atoms with Gasteiger partial charge in [-0.1, -0.05) is 18.2 Å². The van der Waals surface area contributed by atoms with E-state index in [1.165, 1.54) is 6.07 Å². The first-order valence-electron chi connectivity index (χ1n) is 8.38. The minimum absolute atomic E-state index is 0.0812. The molecule has 1 amide bonds. The highest BCUT2D eigenvalue weighted by Gasteiger charge is 2.28. The maximum Gasteiger partial charge on any atom is 0.292 e. The second-order valence-electron chi connectivity index (χ2n) is 6.19. The SMILES string of the molecule is N#Cc1cccc(NC(=O)C2CCN(c3ccccc3[N+](=O)[O-])CC2)c1. The van der Waals surface area contributed by atoms with Crippen LogP contribution in [0.15, 0.2) is 48.5 Å². The fourth-order valence-electron chi connectivity index (χ4n) is 3.18. The zero-order valence-corrected chi connectivity index (χ0v) is 14.1. The number of nitrogens with one attached hydrogen (secondary N) is 1. The Balaban J connectivity index is 1.62. The zero-order chi connectivity index (χ0) is 18.5. The van der Waals surface area contributed by atoms with Crippen LogP contribution in [0, 0.1) is 27.4 Å². The number of carbonyl (C=O) groups is 1. The summed E-state index contributed by atoms with van der Waals surface area (Å²) in [6.45, 7) is 1.17. The van der Waals surface area contributed by atoms with E-state index >= 15 is 0 Å². The van der Waals surface area contributed by atoms with Crippen molar-refractivity contribution < 1.29 is 9.72 Å². The van der Waals surface area contributed by atoms with Crippen molar-refractivity contribution in [2.75, 3.05) is 23.3 Å². The smallest absolute Gasteiger partial charge is 0.292 e. The van der Waals surface area contributed by atoms with Crippen molar-refractivity contribution in [2.24, 2.45) is 5.92 Å². The normalized spacial score (nSPS) is 14.5. The quantitative estimate of drug-likeness (QED) is 0.673. The minimum atomic E-state index is -0.379. The molecule has 0 aliphatic carbocycles. The third kappa shape index (κ3) is 3.81. The van der Waals surface area contributed by atoms with Gasteiger partial charge in [-0.3, -0.25) is 14.9 Å². The van der Waals surface area contributed by atoms with Gasteiger partial charge in [-0.25, -0.2) is 0 Å². The first kappa shape index (κ1) is 17.4. The van der Waals surface area contributed by atoms with Crippen molar-refractivity contribution in [1.29, 1.82) is 5.26 Å². The topological polar surface area (TPSA) is 99.3 Å². The monoisotopic (exact) mass is 350 g/mol.